The summed E-state index contributed by atoms with van der Waals surface area (Å²) in [4.78, 5) is 24.8. The van der Waals surface area contributed by atoms with Crippen LogP contribution in [0.3, 0.4) is 0 Å². The lowest BCUT2D eigenvalue weighted by Gasteiger charge is -2.38. The number of esters is 2. The van der Waals surface area contributed by atoms with Gasteiger partial charge in [0.2, 0.25) is 6.10 Å². The highest BCUT2D eigenvalue weighted by molar-refractivity contribution is 5.84. The summed E-state index contributed by atoms with van der Waals surface area (Å²) in [7, 11) is 0. The van der Waals surface area contributed by atoms with E-state index in [1.54, 1.807) is 13.8 Å². The van der Waals surface area contributed by atoms with Crippen LogP contribution in [-0.4, -0.2) is 48.9 Å². The van der Waals surface area contributed by atoms with Crippen molar-refractivity contribution in [3.8, 4) is 0 Å². The van der Waals surface area contributed by atoms with Gasteiger partial charge in [-0.25, -0.2) is 4.79 Å². The molecule has 7 nitrogen and oxygen atoms in total. The van der Waals surface area contributed by atoms with E-state index < -0.39 is 48.1 Å². The molecule has 1 aliphatic carbocycles. The number of hydrogen-bond acceptors (Lipinski definition) is 7. The Labute approximate surface area is 179 Å². The molecule has 1 saturated carbocycles. The zero-order chi connectivity index (χ0) is 21.8. The highest BCUT2D eigenvalue weighted by atomic mass is 16.8. The van der Waals surface area contributed by atoms with Gasteiger partial charge in [0.1, 0.15) is 6.10 Å². The fraction of sp³-hybridized carbons (Fsp3) is 0.913. The second-order valence-electron chi connectivity index (χ2n) is 11.0. The minimum Gasteiger partial charge on any atom is -0.454 e. The van der Waals surface area contributed by atoms with Crippen LogP contribution in [0.15, 0.2) is 0 Å². The second kappa shape index (κ2) is 7.75. The molecule has 0 radical (unpaired) electrons. The summed E-state index contributed by atoms with van der Waals surface area (Å²) >= 11 is 0. The molecule has 0 spiro atoms. The molecule has 4 aliphatic rings. The first-order chi connectivity index (χ1) is 14.0. The van der Waals surface area contributed by atoms with Crippen LogP contribution in [0.25, 0.3) is 0 Å². The lowest BCUT2D eigenvalue weighted by molar-refractivity contribution is -0.199. The summed E-state index contributed by atoms with van der Waals surface area (Å²) in [5, 5.41) is 0. The van der Waals surface area contributed by atoms with E-state index in [4.69, 9.17) is 23.7 Å². The highest BCUT2D eigenvalue weighted by Gasteiger charge is 2.63. The van der Waals surface area contributed by atoms with Crippen LogP contribution in [0.2, 0.25) is 0 Å². The lowest BCUT2D eigenvalue weighted by atomic mass is 9.70. The molecule has 0 amide bonds. The average Bonchev–Trinajstić information content (AvgIpc) is 3.32. The Kier molecular flexibility index (Phi) is 5.69. The van der Waals surface area contributed by atoms with E-state index in [0.717, 1.165) is 12.8 Å². The molecule has 7 heteroatoms. The van der Waals surface area contributed by atoms with Crippen molar-refractivity contribution in [2.75, 3.05) is 0 Å². The van der Waals surface area contributed by atoms with Crippen molar-refractivity contribution >= 4 is 11.9 Å². The van der Waals surface area contributed by atoms with Crippen LogP contribution < -0.4 is 0 Å². The third-order valence-electron chi connectivity index (χ3n) is 7.60. The zero-order valence-corrected chi connectivity index (χ0v) is 19.0. The SMILES string of the molecule is CCC(C)(C)C(=O)O[C@@H]1C(=O)O[C@@H]2[C@H]3OC(C4CCC(C(C)(C)C)CC4)O[C@H]3O[C@@H]21. The third-order valence-corrected chi connectivity index (χ3v) is 7.60. The van der Waals surface area contributed by atoms with E-state index in [1.807, 2.05) is 6.92 Å². The van der Waals surface area contributed by atoms with Gasteiger partial charge in [-0.3, -0.25) is 4.79 Å². The molecule has 0 N–H and O–H groups in total. The first-order valence-electron chi connectivity index (χ1n) is 11.4. The Bertz CT molecular complexity index is 674. The van der Waals surface area contributed by atoms with E-state index in [9.17, 15) is 9.59 Å². The van der Waals surface area contributed by atoms with E-state index >= 15 is 0 Å². The molecule has 0 bridgehead atoms. The smallest absolute Gasteiger partial charge is 0.350 e. The van der Waals surface area contributed by atoms with Crippen molar-refractivity contribution in [2.24, 2.45) is 22.7 Å². The van der Waals surface area contributed by atoms with Gasteiger partial charge in [-0.05, 0) is 57.3 Å². The molecule has 3 heterocycles. The first kappa shape index (κ1) is 22.0. The first-order valence-corrected chi connectivity index (χ1v) is 11.4. The fourth-order valence-corrected chi connectivity index (χ4v) is 4.95. The number of fused-ring (bicyclic) bond motifs is 3. The molecule has 0 aromatic rings. The molecule has 0 aromatic carbocycles. The predicted octanol–water partition coefficient (Wildman–Crippen LogP) is 3.58. The maximum Gasteiger partial charge on any atom is 0.350 e. The molecular weight excluding hydrogens is 388 g/mol. The molecule has 3 aliphatic heterocycles. The quantitative estimate of drug-likeness (QED) is 0.638. The standard InChI is InChI=1S/C23H36O7/c1-7-23(5,6)21(25)29-16-14-15(26-18(16)24)17-20(27-14)30-19(28-17)12-8-10-13(11-9-12)22(2,3)4/h12-17,19-20H,7-11H2,1-6H3/t12?,13?,14-,15-,16-,17+,19?,20+/m0/s1. The zero-order valence-electron chi connectivity index (χ0n) is 19.0. The number of hydrogen-bond donors (Lipinski definition) is 0. The van der Waals surface area contributed by atoms with Gasteiger partial charge in [0.25, 0.3) is 0 Å². The van der Waals surface area contributed by atoms with Crippen molar-refractivity contribution in [3.63, 3.8) is 0 Å². The number of ether oxygens (including phenoxy) is 5. The Balaban J connectivity index is 1.35. The summed E-state index contributed by atoms with van der Waals surface area (Å²) in [5.41, 5.74) is -0.344. The van der Waals surface area contributed by atoms with E-state index in [1.165, 1.54) is 12.8 Å². The van der Waals surface area contributed by atoms with Crippen molar-refractivity contribution < 1.29 is 33.3 Å². The van der Waals surface area contributed by atoms with Gasteiger partial charge in [-0.1, -0.05) is 27.7 Å². The Morgan fingerprint density at radius 2 is 1.57 bits per heavy atom. The Morgan fingerprint density at radius 3 is 2.17 bits per heavy atom. The Hall–Kier alpha value is -1.18. The summed E-state index contributed by atoms with van der Waals surface area (Å²) in [6.45, 7) is 12.4. The maximum absolute atomic E-state index is 12.4. The van der Waals surface area contributed by atoms with E-state index in [0.29, 0.717) is 23.7 Å². The lowest BCUT2D eigenvalue weighted by Crippen LogP contribution is -2.40. The van der Waals surface area contributed by atoms with Crippen LogP contribution in [-0.2, 0) is 33.3 Å². The molecular formula is C23H36O7. The van der Waals surface area contributed by atoms with Gasteiger partial charge in [-0.15, -0.1) is 0 Å². The van der Waals surface area contributed by atoms with Gasteiger partial charge < -0.3 is 23.7 Å². The van der Waals surface area contributed by atoms with Gasteiger partial charge in [0.05, 0.1) is 5.41 Å². The Morgan fingerprint density at radius 1 is 0.933 bits per heavy atom. The van der Waals surface area contributed by atoms with Crippen molar-refractivity contribution in [2.45, 2.75) is 111 Å². The normalized spacial score (nSPS) is 41.3. The molecule has 6 atom stereocenters. The summed E-state index contributed by atoms with van der Waals surface area (Å²) in [6.07, 6.45) is 1.35. The monoisotopic (exact) mass is 424 g/mol. The number of rotatable bonds is 4. The predicted molar refractivity (Wildman–Crippen MR) is 107 cm³/mol. The van der Waals surface area contributed by atoms with Crippen molar-refractivity contribution in [1.82, 2.24) is 0 Å². The topological polar surface area (TPSA) is 80.3 Å². The van der Waals surface area contributed by atoms with Gasteiger partial charge in [-0.2, -0.15) is 0 Å². The third kappa shape index (κ3) is 3.89. The molecule has 30 heavy (non-hydrogen) atoms. The van der Waals surface area contributed by atoms with Crippen LogP contribution in [0.1, 0.15) is 73.6 Å². The minimum absolute atomic E-state index is 0.325. The fourth-order valence-electron chi connectivity index (χ4n) is 4.95. The molecule has 4 fully saturated rings. The van der Waals surface area contributed by atoms with Crippen LogP contribution in [0.4, 0.5) is 0 Å². The molecule has 170 valence electrons. The summed E-state index contributed by atoms with van der Waals surface area (Å²) in [5.74, 6) is 0.0474. The van der Waals surface area contributed by atoms with Gasteiger partial charge in [0.15, 0.2) is 24.8 Å². The molecule has 0 aromatic heterocycles. The summed E-state index contributed by atoms with van der Waals surface area (Å²) < 4.78 is 29.2. The maximum atomic E-state index is 12.4. The second-order valence-corrected chi connectivity index (χ2v) is 11.0. The average molecular weight is 425 g/mol. The van der Waals surface area contributed by atoms with E-state index in [2.05, 4.69) is 20.8 Å². The van der Waals surface area contributed by atoms with Crippen molar-refractivity contribution in [1.29, 1.82) is 0 Å². The van der Waals surface area contributed by atoms with Crippen LogP contribution in [0, 0.1) is 22.7 Å². The van der Waals surface area contributed by atoms with Gasteiger partial charge >= 0.3 is 11.9 Å². The molecule has 1 unspecified atom stereocenters. The number of carbonyl (C=O) groups is 2. The van der Waals surface area contributed by atoms with Crippen molar-refractivity contribution in [3.05, 3.63) is 0 Å². The largest absolute Gasteiger partial charge is 0.454 e. The van der Waals surface area contributed by atoms with E-state index in [-0.39, 0.29) is 6.29 Å². The minimum atomic E-state index is -1.06. The van der Waals surface area contributed by atoms with Crippen LogP contribution >= 0.6 is 0 Å². The molecule has 4 rings (SSSR count). The molecule has 3 saturated heterocycles. The number of carbonyl (C=O) groups excluding carboxylic acids is 2. The van der Waals surface area contributed by atoms with Gasteiger partial charge in [0, 0.05) is 5.92 Å². The summed E-state index contributed by atoms with van der Waals surface area (Å²) in [6, 6.07) is 0. The highest BCUT2D eigenvalue weighted by Crippen LogP contribution is 2.46. The van der Waals surface area contributed by atoms with Crippen LogP contribution in [0.5, 0.6) is 0 Å².